The van der Waals surface area contributed by atoms with Crippen molar-refractivity contribution in [1.29, 1.82) is 0 Å². The lowest BCUT2D eigenvalue weighted by Gasteiger charge is -2.26. The Hall–Kier alpha value is -2.97. The SMILES string of the molecule is Cn1nc(-c2ccc(C(=O)N3CCOCC3)cc2)c2c(OC3CCOCC3)nccc21. The number of hydrogen-bond donors (Lipinski definition) is 0. The second kappa shape index (κ2) is 8.64. The van der Waals surface area contributed by atoms with Gasteiger partial charge in [-0.15, -0.1) is 0 Å². The van der Waals surface area contributed by atoms with E-state index in [1.54, 1.807) is 6.20 Å². The molecule has 3 aromatic rings. The summed E-state index contributed by atoms with van der Waals surface area (Å²) in [5.41, 5.74) is 3.36. The lowest BCUT2D eigenvalue weighted by atomic mass is 10.1. The normalized spacial score (nSPS) is 17.8. The first-order valence-corrected chi connectivity index (χ1v) is 10.7. The molecular weight excluding hydrogens is 396 g/mol. The van der Waals surface area contributed by atoms with Crippen molar-refractivity contribution in [2.45, 2.75) is 18.9 Å². The van der Waals surface area contributed by atoms with Crippen molar-refractivity contribution in [3.05, 3.63) is 42.1 Å². The number of hydrogen-bond acceptors (Lipinski definition) is 6. The van der Waals surface area contributed by atoms with Gasteiger partial charge < -0.3 is 19.1 Å². The second-order valence-corrected chi connectivity index (χ2v) is 7.89. The molecule has 0 atom stereocenters. The number of aryl methyl sites for hydroxylation is 1. The fourth-order valence-electron chi connectivity index (χ4n) is 4.14. The molecular formula is C23H26N4O4. The van der Waals surface area contributed by atoms with Gasteiger partial charge in [0.25, 0.3) is 5.91 Å². The maximum Gasteiger partial charge on any atom is 0.254 e. The first-order chi connectivity index (χ1) is 15.2. The fraction of sp³-hybridized carbons (Fsp3) is 0.435. The van der Waals surface area contributed by atoms with Gasteiger partial charge in [0.05, 0.1) is 37.3 Å². The largest absolute Gasteiger partial charge is 0.474 e. The molecule has 0 saturated carbocycles. The van der Waals surface area contributed by atoms with Crippen LogP contribution in [-0.4, -0.2) is 71.2 Å². The molecule has 2 aliphatic heterocycles. The van der Waals surface area contributed by atoms with Crippen LogP contribution < -0.4 is 4.74 Å². The molecule has 0 N–H and O–H groups in total. The summed E-state index contributed by atoms with van der Waals surface area (Å²) in [5, 5.41) is 5.63. The Kier molecular flexibility index (Phi) is 5.57. The lowest BCUT2D eigenvalue weighted by Crippen LogP contribution is -2.40. The Morgan fingerprint density at radius 3 is 2.48 bits per heavy atom. The summed E-state index contributed by atoms with van der Waals surface area (Å²) in [6, 6.07) is 9.56. The molecule has 1 aromatic carbocycles. The summed E-state index contributed by atoms with van der Waals surface area (Å²) in [5.74, 6) is 0.631. The van der Waals surface area contributed by atoms with Gasteiger partial charge in [-0.1, -0.05) is 12.1 Å². The van der Waals surface area contributed by atoms with Gasteiger partial charge >= 0.3 is 0 Å². The number of rotatable bonds is 4. The monoisotopic (exact) mass is 422 g/mol. The van der Waals surface area contributed by atoms with E-state index in [4.69, 9.17) is 19.3 Å². The highest BCUT2D eigenvalue weighted by atomic mass is 16.5. The highest BCUT2D eigenvalue weighted by molar-refractivity contribution is 5.98. The molecule has 1 amide bonds. The Balaban J connectivity index is 1.46. The van der Waals surface area contributed by atoms with Crippen molar-refractivity contribution >= 4 is 16.8 Å². The smallest absolute Gasteiger partial charge is 0.254 e. The Labute approximate surface area is 180 Å². The number of pyridine rings is 1. The molecule has 0 radical (unpaired) electrons. The van der Waals surface area contributed by atoms with Crippen LogP contribution >= 0.6 is 0 Å². The lowest BCUT2D eigenvalue weighted by molar-refractivity contribution is 0.0244. The molecule has 5 rings (SSSR count). The molecule has 0 spiro atoms. The minimum atomic E-state index is 0.0333. The first-order valence-electron chi connectivity index (χ1n) is 10.7. The summed E-state index contributed by atoms with van der Waals surface area (Å²) in [4.78, 5) is 19.1. The fourth-order valence-corrected chi connectivity index (χ4v) is 4.14. The van der Waals surface area contributed by atoms with E-state index in [1.165, 1.54) is 0 Å². The Morgan fingerprint density at radius 2 is 1.74 bits per heavy atom. The first kappa shape index (κ1) is 20.0. The molecule has 0 unspecified atom stereocenters. The van der Waals surface area contributed by atoms with Crippen LogP contribution in [0.25, 0.3) is 22.2 Å². The summed E-state index contributed by atoms with van der Waals surface area (Å²) in [7, 11) is 1.92. The van der Waals surface area contributed by atoms with Gasteiger partial charge in [-0.3, -0.25) is 9.48 Å². The van der Waals surface area contributed by atoms with E-state index in [0.717, 1.165) is 35.0 Å². The number of aromatic nitrogens is 3. The van der Waals surface area contributed by atoms with Crippen LogP contribution in [0.2, 0.25) is 0 Å². The second-order valence-electron chi connectivity index (χ2n) is 7.89. The van der Waals surface area contributed by atoms with Crippen LogP contribution in [0.4, 0.5) is 0 Å². The van der Waals surface area contributed by atoms with Crippen LogP contribution in [0.15, 0.2) is 36.5 Å². The van der Waals surface area contributed by atoms with Gasteiger partial charge in [0.2, 0.25) is 5.88 Å². The number of carbonyl (C=O) groups excluding carboxylic acids is 1. The van der Waals surface area contributed by atoms with E-state index in [9.17, 15) is 4.79 Å². The van der Waals surface area contributed by atoms with Crippen LogP contribution in [0.3, 0.4) is 0 Å². The predicted octanol–water partition coefficient (Wildman–Crippen LogP) is 2.67. The zero-order chi connectivity index (χ0) is 21.2. The zero-order valence-electron chi connectivity index (χ0n) is 17.6. The van der Waals surface area contributed by atoms with Crippen molar-refractivity contribution in [2.75, 3.05) is 39.5 Å². The molecule has 2 aliphatic rings. The third kappa shape index (κ3) is 4.00. The number of ether oxygens (including phenoxy) is 3. The molecule has 2 saturated heterocycles. The highest BCUT2D eigenvalue weighted by Gasteiger charge is 2.22. The number of fused-ring (bicyclic) bond motifs is 1. The van der Waals surface area contributed by atoms with Gasteiger partial charge in [0.1, 0.15) is 11.8 Å². The van der Waals surface area contributed by atoms with Gasteiger partial charge in [-0.05, 0) is 18.2 Å². The maximum atomic E-state index is 12.7. The number of morpholine rings is 1. The summed E-state index contributed by atoms with van der Waals surface area (Å²) in [6.07, 6.45) is 3.55. The quantitative estimate of drug-likeness (QED) is 0.643. The third-order valence-electron chi connectivity index (χ3n) is 5.88. The Bertz CT molecular complexity index is 1070. The molecule has 8 nitrogen and oxygen atoms in total. The minimum Gasteiger partial charge on any atom is -0.474 e. The third-order valence-corrected chi connectivity index (χ3v) is 5.88. The summed E-state index contributed by atoms with van der Waals surface area (Å²) in [6.45, 7) is 3.85. The number of benzene rings is 1. The zero-order valence-corrected chi connectivity index (χ0v) is 17.6. The van der Waals surface area contributed by atoms with E-state index < -0.39 is 0 Å². The van der Waals surface area contributed by atoms with Gasteiger partial charge in [-0.25, -0.2) is 4.98 Å². The molecule has 4 heterocycles. The maximum absolute atomic E-state index is 12.7. The standard InChI is InChI=1S/C23H26N4O4/c1-26-19-6-9-24-22(31-18-7-12-29-13-8-18)20(19)21(25-26)16-2-4-17(5-3-16)23(28)27-10-14-30-15-11-27/h2-6,9,18H,7-8,10-15H2,1H3. The van der Waals surface area contributed by atoms with Crippen molar-refractivity contribution in [1.82, 2.24) is 19.7 Å². The Morgan fingerprint density at radius 1 is 1.03 bits per heavy atom. The highest BCUT2D eigenvalue weighted by Crippen LogP contribution is 2.34. The van der Waals surface area contributed by atoms with Crippen LogP contribution in [0.5, 0.6) is 5.88 Å². The van der Waals surface area contributed by atoms with E-state index in [-0.39, 0.29) is 12.0 Å². The molecule has 0 aliphatic carbocycles. The number of amides is 1. The molecule has 8 heteroatoms. The van der Waals surface area contributed by atoms with E-state index in [0.29, 0.717) is 51.0 Å². The minimum absolute atomic E-state index is 0.0333. The molecule has 31 heavy (non-hydrogen) atoms. The van der Waals surface area contributed by atoms with Crippen LogP contribution in [0.1, 0.15) is 23.2 Å². The summed E-state index contributed by atoms with van der Waals surface area (Å²) >= 11 is 0. The van der Waals surface area contributed by atoms with E-state index in [1.807, 2.05) is 47.0 Å². The van der Waals surface area contributed by atoms with Crippen molar-refractivity contribution < 1.29 is 19.0 Å². The van der Waals surface area contributed by atoms with E-state index in [2.05, 4.69) is 4.98 Å². The van der Waals surface area contributed by atoms with Gasteiger partial charge in [0.15, 0.2) is 0 Å². The average molecular weight is 422 g/mol. The van der Waals surface area contributed by atoms with Crippen molar-refractivity contribution in [2.24, 2.45) is 7.05 Å². The number of carbonyl (C=O) groups is 1. The predicted molar refractivity (Wildman–Crippen MR) is 115 cm³/mol. The summed E-state index contributed by atoms with van der Waals surface area (Å²) < 4.78 is 18.9. The van der Waals surface area contributed by atoms with Crippen LogP contribution in [0, 0.1) is 0 Å². The number of nitrogens with zero attached hydrogens (tertiary/aromatic N) is 4. The van der Waals surface area contributed by atoms with Crippen LogP contribution in [-0.2, 0) is 16.5 Å². The van der Waals surface area contributed by atoms with Crippen molar-refractivity contribution in [3.8, 4) is 17.1 Å². The van der Waals surface area contributed by atoms with Gasteiger partial charge in [-0.2, -0.15) is 5.10 Å². The topological polar surface area (TPSA) is 78.7 Å². The molecule has 2 fully saturated rings. The van der Waals surface area contributed by atoms with Gasteiger partial charge in [0, 0.05) is 50.3 Å². The molecule has 162 valence electrons. The van der Waals surface area contributed by atoms with E-state index >= 15 is 0 Å². The molecule has 2 aromatic heterocycles. The average Bonchev–Trinajstić information content (AvgIpc) is 3.17. The molecule has 0 bridgehead atoms. The van der Waals surface area contributed by atoms with Crippen molar-refractivity contribution in [3.63, 3.8) is 0 Å².